The van der Waals surface area contributed by atoms with Crippen molar-refractivity contribution in [2.24, 2.45) is 0 Å². The summed E-state index contributed by atoms with van der Waals surface area (Å²) in [7, 11) is -3.86. The van der Waals surface area contributed by atoms with Gasteiger partial charge in [0.05, 0.1) is 10.6 Å². The number of halogens is 2. The van der Waals surface area contributed by atoms with Crippen LogP contribution in [0.3, 0.4) is 0 Å². The zero-order valence-electron chi connectivity index (χ0n) is 13.1. The lowest BCUT2D eigenvalue weighted by Crippen LogP contribution is -2.17. The number of sulfonamides is 1. The van der Waals surface area contributed by atoms with Gasteiger partial charge in [0.15, 0.2) is 11.6 Å². The van der Waals surface area contributed by atoms with Crippen molar-refractivity contribution in [3.05, 3.63) is 76.5 Å². The zero-order valence-corrected chi connectivity index (χ0v) is 14.7. The standard InChI is InChI=1S/C17H12F2N2O3S2/c18-13-7-6-11(10-14(13)19)20-17(22)16-15(8-9-25-16)21-26(23,24)12-4-2-1-3-5-12/h1-10,21H,(H,20,22). The Balaban J connectivity index is 1.82. The Morgan fingerprint density at radius 3 is 2.38 bits per heavy atom. The van der Waals surface area contributed by atoms with Crippen molar-refractivity contribution in [2.75, 3.05) is 10.0 Å². The molecule has 1 amide bonds. The average molecular weight is 394 g/mol. The van der Waals surface area contributed by atoms with E-state index in [9.17, 15) is 22.0 Å². The van der Waals surface area contributed by atoms with E-state index in [1.54, 1.807) is 23.6 Å². The molecule has 0 aliphatic carbocycles. The fourth-order valence-corrected chi connectivity index (χ4v) is 4.03. The fourth-order valence-electron chi connectivity index (χ4n) is 2.13. The molecule has 2 aromatic carbocycles. The number of hydrogen-bond donors (Lipinski definition) is 2. The van der Waals surface area contributed by atoms with Crippen molar-refractivity contribution in [3.63, 3.8) is 0 Å². The maximum atomic E-state index is 13.2. The van der Waals surface area contributed by atoms with Crippen LogP contribution >= 0.6 is 11.3 Å². The zero-order chi connectivity index (χ0) is 18.7. The molecule has 9 heteroatoms. The van der Waals surface area contributed by atoms with Crippen molar-refractivity contribution in [1.29, 1.82) is 0 Å². The van der Waals surface area contributed by atoms with Gasteiger partial charge in [0.2, 0.25) is 0 Å². The van der Waals surface area contributed by atoms with Crippen LogP contribution in [0, 0.1) is 11.6 Å². The third-order valence-corrected chi connectivity index (χ3v) is 5.64. The molecule has 3 rings (SSSR count). The lowest BCUT2D eigenvalue weighted by molar-refractivity contribution is 0.103. The first-order valence-electron chi connectivity index (χ1n) is 7.28. The summed E-state index contributed by atoms with van der Waals surface area (Å²) >= 11 is 1.01. The second-order valence-electron chi connectivity index (χ2n) is 5.16. The van der Waals surface area contributed by atoms with Gasteiger partial charge in [-0.15, -0.1) is 11.3 Å². The molecule has 0 aliphatic rings. The minimum atomic E-state index is -3.86. The normalized spacial score (nSPS) is 11.2. The van der Waals surface area contributed by atoms with Gasteiger partial charge in [-0.1, -0.05) is 18.2 Å². The predicted molar refractivity (Wildman–Crippen MR) is 95.9 cm³/mol. The smallest absolute Gasteiger partial charge is 0.267 e. The van der Waals surface area contributed by atoms with Crippen LogP contribution in [0.5, 0.6) is 0 Å². The Bertz CT molecular complexity index is 1050. The van der Waals surface area contributed by atoms with Crippen LogP contribution in [-0.2, 0) is 10.0 Å². The van der Waals surface area contributed by atoms with Crippen LogP contribution in [0.2, 0.25) is 0 Å². The minimum Gasteiger partial charge on any atom is -0.321 e. The Morgan fingerprint density at radius 2 is 1.69 bits per heavy atom. The SMILES string of the molecule is O=C(Nc1ccc(F)c(F)c1)c1sccc1NS(=O)(=O)c1ccccc1. The molecule has 0 fully saturated rings. The number of amides is 1. The van der Waals surface area contributed by atoms with Gasteiger partial charge in [0.1, 0.15) is 4.88 Å². The summed E-state index contributed by atoms with van der Waals surface area (Å²) in [5.74, 6) is -2.77. The molecule has 0 saturated carbocycles. The molecule has 1 aromatic heterocycles. The summed E-state index contributed by atoms with van der Waals surface area (Å²) in [6, 6.07) is 12.1. The van der Waals surface area contributed by atoms with Gasteiger partial charge in [0.25, 0.3) is 15.9 Å². The van der Waals surface area contributed by atoms with Crippen LogP contribution in [0.15, 0.2) is 64.9 Å². The number of benzene rings is 2. The average Bonchev–Trinajstić information content (AvgIpc) is 3.06. The first kappa shape index (κ1) is 18.0. The van der Waals surface area contributed by atoms with E-state index in [1.807, 2.05) is 0 Å². The highest BCUT2D eigenvalue weighted by Gasteiger charge is 2.20. The molecular weight excluding hydrogens is 382 g/mol. The number of carbonyl (C=O) groups is 1. The molecule has 0 saturated heterocycles. The molecule has 5 nitrogen and oxygen atoms in total. The van der Waals surface area contributed by atoms with Crippen molar-refractivity contribution < 1.29 is 22.0 Å². The van der Waals surface area contributed by atoms with E-state index in [4.69, 9.17) is 0 Å². The fraction of sp³-hybridized carbons (Fsp3) is 0. The molecule has 0 aliphatic heterocycles. The summed E-state index contributed by atoms with van der Waals surface area (Å²) in [6.45, 7) is 0. The molecular formula is C17H12F2N2O3S2. The number of nitrogens with one attached hydrogen (secondary N) is 2. The number of carbonyl (C=O) groups excluding carboxylic acids is 1. The highest BCUT2D eigenvalue weighted by molar-refractivity contribution is 7.92. The molecule has 0 bridgehead atoms. The van der Waals surface area contributed by atoms with E-state index < -0.39 is 27.6 Å². The monoisotopic (exact) mass is 394 g/mol. The molecule has 1 heterocycles. The molecule has 0 unspecified atom stereocenters. The third kappa shape index (κ3) is 3.89. The quantitative estimate of drug-likeness (QED) is 0.685. The van der Waals surface area contributed by atoms with Crippen molar-refractivity contribution in [2.45, 2.75) is 4.90 Å². The van der Waals surface area contributed by atoms with Gasteiger partial charge in [-0.2, -0.15) is 0 Å². The minimum absolute atomic E-state index is 0.0539. The first-order chi connectivity index (χ1) is 12.4. The van der Waals surface area contributed by atoms with E-state index in [2.05, 4.69) is 10.0 Å². The summed E-state index contributed by atoms with van der Waals surface area (Å²) in [4.78, 5) is 12.5. The Morgan fingerprint density at radius 1 is 0.962 bits per heavy atom. The van der Waals surface area contributed by atoms with Gasteiger partial charge in [0, 0.05) is 11.8 Å². The maximum absolute atomic E-state index is 13.2. The van der Waals surface area contributed by atoms with Crippen molar-refractivity contribution in [1.82, 2.24) is 0 Å². The van der Waals surface area contributed by atoms with Crippen molar-refractivity contribution >= 4 is 38.6 Å². The van der Waals surface area contributed by atoms with E-state index >= 15 is 0 Å². The van der Waals surface area contributed by atoms with E-state index in [-0.39, 0.29) is 21.1 Å². The third-order valence-electron chi connectivity index (χ3n) is 3.35. The highest BCUT2D eigenvalue weighted by Crippen LogP contribution is 2.26. The molecule has 3 aromatic rings. The first-order valence-corrected chi connectivity index (χ1v) is 9.65. The molecule has 0 radical (unpaired) electrons. The van der Waals surface area contributed by atoms with Gasteiger partial charge >= 0.3 is 0 Å². The Kier molecular flexibility index (Phi) is 5.01. The summed E-state index contributed by atoms with van der Waals surface area (Å²) < 4.78 is 53.3. The largest absolute Gasteiger partial charge is 0.321 e. The van der Waals surface area contributed by atoms with E-state index in [0.717, 1.165) is 23.5 Å². The van der Waals surface area contributed by atoms with Crippen LogP contribution in [0.25, 0.3) is 0 Å². The summed E-state index contributed by atoms with van der Waals surface area (Å²) in [6.07, 6.45) is 0. The van der Waals surface area contributed by atoms with Crippen LogP contribution in [-0.4, -0.2) is 14.3 Å². The van der Waals surface area contributed by atoms with E-state index in [1.165, 1.54) is 24.3 Å². The van der Waals surface area contributed by atoms with Gasteiger partial charge in [-0.25, -0.2) is 17.2 Å². The molecule has 0 atom stereocenters. The lowest BCUT2D eigenvalue weighted by Gasteiger charge is -2.09. The van der Waals surface area contributed by atoms with Crippen molar-refractivity contribution in [3.8, 4) is 0 Å². The Labute approximate surface area is 152 Å². The van der Waals surface area contributed by atoms with Crippen LogP contribution in [0.4, 0.5) is 20.2 Å². The number of hydrogen-bond acceptors (Lipinski definition) is 4. The second-order valence-corrected chi connectivity index (χ2v) is 7.76. The highest BCUT2D eigenvalue weighted by atomic mass is 32.2. The molecule has 2 N–H and O–H groups in total. The number of anilines is 2. The van der Waals surface area contributed by atoms with Crippen LogP contribution in [0.1, 0.15) is 9.67 Å². The lowest BCUT2D eigenvalue weighted by atomic mass is 10.3. The second kappa shape index (κ2) is 7.22. The Hall–Kier alpha value is -2.78. The maximum Gasteiger partial charge on any atom is 0.267 e. The molecule has 134 valence electrons. The van der Waals surface area contributed by atoms with Gasteiger partial charge in [-0.3, -0.25) is 9.52 Å². The summed E-state index contributed by atoms with van der Waals surface area (Å²) in [5.41, 5.74) is 0.151. The van der Waals surface area contributed by atoms with E-state index in [0.29, 0.717) is 0 Å². The number of rotatable bonds is 5. The van der Waals surface area contributed by atoms with Gasteiger partial charge < -0.3 is 5.32 Å². The molecule has 0 spiro atoms. The predicted octanol–water partition coefficient (Wildman–Crippen LogP) is 4.08. The topological polar surface area (TPSA) is 75.3 Å². The molecule has 26 heavy (non-hydrogen) atoms. The van der Waals surface area contributed by atoms with Crippen LogP contribution < -0.4 is 10.0 Å². The summed E-state index contributed by atoms with van der Waals surface area (Å²) in [5, 5.41) is 3.95. The number of thiophene rings is 1. The van der Waals surface area contributed by atoms with Gasteiger partial charge in [-0.05, 0) is 35.7 Å².